The van der Waals surface area contributed by atoms with Crippen molar-refractivity contribution < 1.29 is 4.74 Å². The van der Waals surface area contributed by atoms with Gasteiger partial charge in [0, 0.05) is 16.6 Å². The van der Waals surface area contributed by atoms with Gasteiger partial charge in [0.2, 0.25) is 0 Å². The summed E-state index contributed by atoms with van der Waals surface area (Å²) in [5, 5.41) is 1.75. The Balaban J connectivity index is 1.97. The minimum absolute atomic E-state index is 0.245. The molecule has 0 unspecified atom stereocenters. The molecule has 174 valence electrons. The van der Waals surface area contributed by atoms with Crippen LogP contribution in [0.15, 0.2) is 30.5 Å². The Morgan fingerprint density at radius 1 is 0.839 bits per heavy atom. The maximum atomic E-state index is 6.58. The molecule has 0 radical (unpaired) electrons. The molecule has 0 aliphatic heterocycles. The highest BCUT2D eigenvalue weighted by Gasteiger charge is 2.14. The second-order valence-electron chi connectivity index (χ2n) is 8.26. The normalized spacial score (nSPS) is 11.9. The Labute approximate surface area is 194 Å². The molecule has 0 amide bonds. The molecule has 0 saturated heterocycles. The highest BCUT2D eigenvalue weighted by atomic mass is 35.5. The molecule has 0 aliphatic carbocycles. The van der Waals surface area contributed by atoms with E-state index in [2.05, 4.69) is 42.5 Å². The van der Waals surface area contributed by atoms with Gasteiger partial charge in [0.05, 0.1) is 11.6 Å². The van der Waals surface area contributed by atoms with Crippen molar-refractivity contribution in [2.75, 3.05) is 39.3 Å². The lowest BCUT2D eigenvalue weighted by Crippen LogP contribution is -2.25. The zero-order chi connectivity index (χ0) is 22.5. The standard InChI is InChI=1S/C26H42ClN3O/c1-5-29(6-2)19-11-9-13-23(14-10-12-20-30(7-3)8-4)31-26-17-18-28-25-21-22(27)15-16-24(25)26/h15-18,21,23H,5-14,19-20H2,1-4H3. The van der Waals surface area contributed by atoms with Gasteiger partial charge < -0.3 is 14.5 Å². The smallest absolute Gasteiger partial charge is 0.130 e. The number of halogens is 1. The van der Waals surface area contributed by atoms with E-state index in [0.29, 0.717) is 5.02 Å². The van der Waals surface area contributed by atoms with Crippen LogP contribution in [0.4, 0.5) is 0 Å². The average molecular weight is 448 g/mol. The summed E-state index contributed by atoms with van der Waals surface area (Å²) >= 11 is 6.16. The zero-order valence-corrected chi connectivity index (χ0v) is 20.8. The summed E-state index contributed by atoms with van der Waals surface area (Å²) in [5.74, 6) is 0.930. The van der Waals surface area contributed by atoms with Crippen LogP contribution >= 0.6 is 11.6 Å². The Morgan fingerprint density at radius 3 is 1.97 bits per heavy atom. The minimum Gasteiger partial charge on any atom is -0.490 e. The number of benzene rings is 1. The summed E-state index contributed by atoms with van der Waals surface area (Å²) in [6, 6.07) is 7.85. The van der Waals surface area contributed by atoms with E-state index in [0.717, 1.165) is 55.7 Å². The summed E-state index contributed by atoms with van der Waals surface area (Å²) in [4.78, 5) is 9.46. The zero-order valence-electron chi connectivity index (χ0n) is 20.1. The third kappa shape index (κ3) is 8.96. The highest BCUT2D eigenvalue weighted by Crippen LogP contribution is 2.28. The topological polar surface area (TPSA) is 28.6 Å². The van der Waals surface area contributed by atoms with Crippen LogP contribution in [0.1, 0.15) is 66.2 Å². The van der Waals surface area contributed by atoms with Crippen LogP contribution in [0.3, 0.4) is 0 Å². The van der Waals surface area contributed by atoms with Crippen LogP contribution in [-0.4, -0.2) is 60.2 Å². The first-order valence-electron chi connectivity index (χ1n) is 12.3. The predicted molar refractivity (Wildman–Crippen MR) is 134 cm³/mol. The van der Waals surface area contributed by atoms with Crippen molar-refractivity contribution in [2.45, 2.75) is 72.3 Å². The number of fused-ring (bicyclic) bond motifs is 1. The van der Waals surface area contributed by atoms with Gasteiger partial charge in [-0.05, 0) is 102 Å². The van der Waals surface area contributed by atoms with Crippen LogP contribution in [0.25, 0.3) is 10.9 Å². The van der Waals surface area contributed by atoms with E-state index in [4.69, 9.17) is 16.3 Å². The Hall–Kier alpha value is -1.36. The van der Waals surface area contributed by atoms with Gasteiger partial charge in [-0.15, -0.1) is 0 Å². The number of hydrogen-bond acceptors (Lipinski definition) is 4. The van der Waals surface area contributed by atoms with Gasteiger partial charge in [0.15, 0.2) is 0 Å². The largest absolute Gasteiger partial charge is 0.490 e. The number of unbranched alkanes of at least 4 members (excludes halogenated alkanes) is 2. The van der Waals surface area contributed by atoms with E-state index in [1.807, 2.05) is 30.5 Å². The molecule has 1 heterocycles. The molecular weight excluding hydrogens is 406 g/mol. The molecule has 5 heteroatoms. The molecule has 4 nitrogen and oxygen atoms in total. The average Bonchev–Trinajstić information content (AvgIpc) is 2.79. The number of ether oxygens (including phenoxy) is 1. The summed E-state index contributed by atoms with van der Waals surface area (Å²) in [6.07, 6.45) is 9.13. The molecule has 0 fully saturated rings. The van der Waals surface area contributed by atoms with Crippen molar-refractivity contribution in [3.63, 3.8) is 0 Å². The van der Waals surface area contributed by atoms with E-state index in [1.165, 1.54) is 38.8 Å². The Morgan fingerprint density at radius 2 is 1.42 bits per heavy atom. The van der Waals surface area contributed by atoms with Crippen LogP contribution in [0, 0.1) is 0 Å². The van der Waals surface area contributed by atoms with Gasteiger partial charge in [-0.25, -0.2) is 0 Å². The van der Waals surface area contributed by atoms with Crippen LogP contribution < -0.4 is 4.74 Å². The van der Waals surface area contributed by atoms with Gasteiger partial charge in [-0.1, -0.05) is 39.3 Å². The number of rotatable bonds is 16. The second kappa shape index (κ2) is 14.7. The molecule has 31 heavy (non-hydrogen) atoms. The van der Waals surface area contributed by atoms with Gasteiger partial charge in [0.1, 0.15) is 5.75 Å². The number of hydrogen-bond donors (Lipinski definition) is 0. The second-order valence-corrected chi connectivity index (χ2v) is 8.69. The summed E-state index contributed by atoms with van der Waals surface area (Å²) in [6.45, 7) is 15.9. The summed E-state index contributed by atoms with van der Waals surface area (Å²) < 4.78 is 6.58. The van der Waals surface area contributed by atoms with E-state index < -0.39 is 0 Å². The fourth-order valence-corrected chi connectivity index (χ4v) is 4.30. The third-order valence-corrected chi connectivity index (χ3v) is 6.48. The molecular formula is C26H42ClN3O. The first kappa shape index (κ1) is 25.9. The van der Waals surface area contributed by atoms with E-state index in [9.17, 15) is 0 Å². The molecule has 0 spiro atoms. The lowest BCUT2D eigenvalue weighted by molar-refractivity contribution is 0.170. The first-order valence-corrected chi connectivity index (χ1v) is 12.6. The summed E-state index contributed by atoms with van der Waals surface area (Å²) in [7, 11) is 0. The van der Waals surface area contributed by atoms with E-state index >= 15 is 0 Å². The molecule has 1 aromatic carbocycles. The van der Waals surface area contributed by atoms with E-state index in [-0.39, 0.29) is 6.10 Å². The van der Waals surface area contributed by atoms with Gasteiger partial charge >= 0.3 is 0 Å². The SMILES string of the molecule is CCN(CC)CCCCC(CCCCN(CC)CC)Oc1ccnc2cc(Cl)ccc12. The first-order chi connectivity index (χ1) is 15.1. The van der Waals surface area contributed by atoms with Gasteiger partial charge in [-0.3, -0.25) is 4.98 Å². The fourth-order valence-electron chi connectivity index (χ4n) is 4.13. The predicted octanol–water partition coefficient (Wildman–Crippen LogP) is 6.66. The maximum Gasteiger partial charge on any atom is 0.130 e. The lowest BCUT2D eigenvalue weighted by atomic mass is 10.0. The number of nitrogens with zero attached hydrogens (tertiary/aromatic N) is 3. The fraction of sp³-hybridized carbons (Fsp3) is 0.654. The van der Waals surface area contributed by atoms with Crippen LogP contribution in [0.2, 0.25) is 5.02 Å². The monoisotopic (exact) mass is 447 g/mol. The molecule has 2 rings (SSSR count). The van der Waals surface area contributed by atoms with Crippen molar-refractivity contribution in [1.82, 2.24) is 14.8 Å². The van der Waals surface area contributed by atoms with Crippen molar-refractivity contribution in [2.24, 2.45) is 0 Å². The van der Waals surface area contributed by atoms with Crippen molar-refractivity contribution in [3.8, 4) is 5.75 Å². The quantitative estimate of drug-likeness (QED) is 0.269. The highest BCUT2D eigenvalue weighted by molar-refractivity contribution is 6.31. The van der Waals surface area contributed by atoms with Crippen LogP contribution in [-0.2, 0) is 0 Å². The number of aromatic nitrogens is 1. The molecule has 1 aromatic heterocycles. The van der Waals surface area contributed by atoms with Gasteiger partial charge in [0.25, 0.3) is 0 Å². The Kier molecular flexibility index (Phi) is 12.2. The maximum absolute atomic E-state index is 6.58. The van der Waals surface area contributed by atoms with Crippen molar-refractivity contribution in [3.05, 3.63) is 35.5 Å². The summed E-state index contributed by atoms with van der Waals surface area (Å²) in [5.41, 5.74) is 0.895. The lowest BCUT2D eigenvalue weighted by Gasteiger charge is -2.23. The molecule has 2 aromatic rings. The van der Waals surface area contributed by atoms with Crippen molar-refractivity contribution >= 4 is 22.5 Å². The third-order valence-electron chi connectivity index (χ3n) is 6.25. The minimum atomic E-state index is 0.245. The van der Waals surface area contributed by atoms with Crippen molar-refractivity contribution in [1.29, 1.82) is 0 Å². The number of pyridine rings is 1. The molecule has 0 atom stereocenters. The van der Waals surface area contributed by atoms with Crippen LogP contribution in [0.5, 0.6) is 5.75 Å². The Bertz CT molecular complexity index is 727. The van der Waals surface area contributed by atoms with E-state index in [1.54, 1.807) is 0 Å². The van der Waals surface area contributed by atoms with Gasteiger partial charge in [-0.2, -0.15) is 0 Å². The molecule has 0 N–H and O–H groups in total. The molecule has 0 saturated carbocycles. The molecule has 0 aliphatic rings. The molecule has 0 bridgehead atoms.